The van der Waals surface area contributed by atoms with E-state index in [4.69, 9.17) is 9.84 Å². The molecule has 1 rings (SSSR count). The number of rotatable bonds is 7. The Kier molecular flexibility index (Phi) is 5.07. The number of unbranched alkanes of at least 4 members (excludes halogenated alkanes) is 1. The summed E-state index contributed by atoms with van der Waals surface area (Å²) in [5.74, 6) is 0.829. The topological polar surface area (TPSA) is 47.3 Å². The van der Waals surface area contributed by atoms with Crippen molar-refractivity contribution < 1.29 is 9.84 Å². The van der Waals surface area contributed by atoms with Crippen molar-refractivity contribution in [2.75, 3.05) is 13.2 Å². The van der Waals surface area contributed by atoms with E-state index in [1.54, 1.807) is 6.20 Å². The summed E-state index contributed by atoms with van der Waals surface area (Å²) >= 11 is 0. The van der Waals surface area contributed by atoms with Gasteiger partial charge in [-0.3, -0.25) is 4.68 Å². The van der Waals surface area contributed by atoms with Gasteiger partial charge in [-0.2, -0.15) is 5.10 Å². The second kappa shape index (κ2) is 6.43. The summed E-state index contributed by atoms with van der Waals surface area (Å²) in [6, 6.07) is 0. The molecule has 0 aromatic carbocycles. The number of aryl methyl sites for hydroxylation is 1. The summed E-state index contributed by atoms with van der Waals surface area (Å²) in [6.07, 6.45) is 6.41. The van der Waals surface area contributed by atoms with Crippen molar-refractivity contribution in [3.05, 3.63) is 12.4 Å². The van der Waals surface area contributed by atoms with E-state index in [1.807, 2.05) is 10.9 Å². The van der Waals surface area contributed by atoms with E-state index < -0.39 is 0 Å². The molecule has 0 atom stereocenters. The van der Waals surface area contributed by atoms with Gasteiger partial charge in [0.2, 0.25) is 0 Å². The number of hydrogen-bond donors (Lipinski definition) is 1. The molecule has 0 aliphatic heterocycles. The first-order valence-electron chi connectivity index (χ1n) is 5.13. The summed E-state index contributed by atoms with van der Waals surface area (Å²) in [4.78, 5) is 0. The Morgan fingerprint density at radius 1 is 1.50 bits per heavy atom. The zero-order valence-corrected chi connectivity index (χ0v) is 8.65. The zero-order chi connectivity index (χ0) is 10.2. The average molecular weight is 198 g/mol. The highest BCUT2D eigenvalue weighted by Crippen LogP contribution is 2.08. The van der Waals surface area contributed by atoms with Crippen molar-refractivity contribution in [2.45, 2.75) is 32.7 Å². The van der Waals surface area contributed by atoms with Crippen LogP contribution in [0, 0.1) is 0 Å². The molecule has 0 radical (unpaired) electrons. The lowest BCUT2D eigenvalue weighted by Gasteiger charge is -2.00. The van der Waals surface area contributed by atoms with E-state index in [1.165, 1.54) is 0 Å². The van der Waals surface area contributed by atoms with Gasteiger partial charge >= 0.3 is 0 Å². The Morgan fingerprint density at radius 3 is 3.07 bits per heavy atom. The minimum atomic E-state index is 0.250. The van der Waals surface area contributed by atoms with Crippen molar-refractivity contribution in [3.8, 4) is 5.75 Å². The molecule has 14 heavy (non-hydrogen) atoms. The van der Waals surface area contributed by atoms with E-state index in [2.05, 4.69) is 12.0 Å². The Labute approximate surface area is 84.5 Å². The number of aromatic nitrogens is 2. The molecule has 1 aromatic heterocycles. The largest absolute Gasteiger partial charge is 0.490 e. The minimum Gasteiger partial charge on any atom is -0.490 e. The monoisotopic (exact) mass is 198 g/mol. The van der Waals surface area contributed by atoms with Crippen LogP contribution in [-0.4, -0.2) is 28.1 Å². The quantitative estimate of drug-likeness (QED) is 0.674. The molecule has 0 saturated heterocycles. The molecule has 4 nitrogen and oxygen atoms in total. The van der Waals surface area contributed by atoms with Gasteiger partial charge in [0.1, 0.15) is 0 Å². The molecule has 0 saturated carbocycles. The minimum absolute atomic E-state index is 0.250. The second-order valence-corrected chi connectivity index (χ2v) is 3.22. The van der Waals surface area contributed by atoms with E-state index in [0.717, 1.165) is 38.2 Å². The number of aliphatic hydroxyl groups is 1. The van der Waals surface area contributed by atoms with Gasteiger partial charge in [-0.15, -0.1) is 0 Å². The Morgan fingerprint density at radius 2 is 2.36 bits per heavy atom. The van der Waals surface area contributed by atoms with Gasteiger partial charge in [-0.25, -0.2) is 0 Å². The van der Waals surface area contributed by atoms with Crippen LogP contribution in [-0.2, 0) is 6.54 Å². The molecule has 1 N–H and O–H groups in total. The SMILES string of the molecule is CCCOc1cnn(CCCCO)c1. The van der Waals surface area contributed by atoms with Crippen LogP contribution in [0.25, 0.3) is 0 Å². The molecular formula is C10H18N2O2. The number of ether oxygens (including phenoxy) is 1. The van der Waals surface area contributed by atoms with Crippen molar-refractivity contribution in [3.63, 3.8) is 0 Å². The Bertz CT molecular complexity index is 248. The van der Waals surface area contributed by atoms with Crippen molar-refractivity contribution >= 4 is 0 Å². The van der Waals surface area contributed by atoms with Crippen molar-refractivity contribution in [1.29, 1.82) is 0 Å². The van der Waals surface area contributed by atoms with E-state index >= 15 is 0 Å². The molecule has 0 aliphatic carbocycles. The maximum absolute atomic E-state index is 8.61. The van der Waals surface area contributed by atoms with E-state index in [9.17, 15) is 0 Å². The van der Waals surface area contributed by atoms with Crippen molar-refractivity contribution in [1.82, 2.24) is 9.78 Å². The highest BCUT2D eigenvalue weighted by Gasteiger charge is 1.98. The van der Waals surface area contributed by atoms with Gasteiger partial charge in [-0.1, -0.05) is 6.92 Å². The normalized spacial score (nSPS) is 10.4. The smallest absolute Gasteiger partial charge is 0.157 e. The summed E-state index contributed by atoms with van der Waals surface area (Å²) in [6.45, 7) is 3.91. The van der Waals surface area contributed by atoms with E-state index in [-0.39, 0.29) is 6.61 Å². The average Bonchev–Trinajstić information content (AvgIpc) is 2.63. The standard InChI is InChI=1S/C10H18N2O2/c1-2-7-14-10-8-11-12(9-10)5-3-4-6-13/h8-9,13H,2-7H2,1H3. The van der Waals surface area contributed by atoms with Crippen LogP contribution < -0.4 is 4.74 Å². The lowest BCUT2D eigenvalue weighted by Crippen LogP contribution is -1.99. The van der Waals surface area contributed by atoms with Gasteiger partial charge in [0.15, 0.2) is 5.75 Å². The lowest BCUT2D eigenvalue weighted by atomic mass is 10.3. The van der Waals surface area contributed by atoms with Crippen molar-refractivity contribution in [2.24, 2.45) is 0 Å². The first-order chi connectivity index (χ1) is 6.86. The van der Waals surface area contributed by atoms with Crippen LogP contribution >= 0.6 is 0 Å². The van der Waals surface area contributed by atoms with Crippen LogP contribution in [0.5, 0.6) is 5.75 Å². The van der Waals surface area contributed by atoms with Gasteiger partial charge in [-0.05, 0) is 19.3 Å². The zero-order valence-electron chi connectivity index (χ0n) is 8.65. The molecule has 0 aliphatic rings. The summed E-state index contributed by atoms with van der Waals surface area (Å²) < 4.78 is 7.26. The lowest BCUT2D eigenvalue weighted by molar-refractivity contribution is 0.280. The molecule has 0 bridgehead atoms. The van der Waals surface area contributed by atoms with Gasteiger partial charge < -0.3 is 9.84 Å². The van der Waals surface area contributed by atoms with Gasteiger partial charge in [0, 0.05) is 13.2 Å². The molecule has 4 heteroatoms. The summed E-state index contributed by atoms with van der Waals surface area (Å²) in [7, 11) is 0. The Balaban J connectivity index is 2.27. The third-order valence-corrected chi connectivity index (χ3v) is 1.88. The van der Waals surface area contributed by atoms with E-state index in [0.29, 0.717) is 0 Å². The summed E-state index contributed by atoms with van der Waals surface area (Å²) in [5.41, 5.74) is 0. The van der Waals surface area contributed by atoms with Gasteiger partial charge in [0.05, 0.1) is 19.0 Å². The summed E-state index contributed by atoms with van der Waals surface area (Å²) in [5, 5.41) is 12.8. The molecular weight excluding hydrogens is 180 g/mol. The first kappa shape index (κ1) is 11.0. The molecule has 1 heterocycles. The third-order valence-electron chi connectivity index (χ3n) is 1.88. The maximum Gasteiger partial charge on any atom is 0.157 e. The predicted molar refractivity (Wildman–Crippen MR) is 54.3 cm³/mol. The molecule has 0 amide bonds. The van der Waals surface area contributed by atoms with Crippen LogP contribution in [0.4, 0.5) is 0 Å². The highest BCUT2D eigenvalue weighted by atomic mass is 16.5. The first-order valence-corrected chi connectivity index (χ1v) is 5.13. The predicted octanol–water partition coefficient (Wildman–Crippen LogP) is 1.44. The van der Waals surface area contributed by atoms with Crippen LogP contribution in [0.2, 0.25) is 0 Å². The van der Waals surface area contributed by atoms with Crippen LogP contribution in [0.15, 0.2) is 12.4 Å². The van der Waals surface area contributed by atoms with Crippen LogP contribution in [0.1, 0.15) is 26.2 Å². The molecule has 0 unspecified atom stereocenters. The molecule has 0 spiro atoms. The number of aliphatic hydroxyl groups excluding tert-OH is 1. The number of nitrogens with zero attached hydrogens (tertiary/aromatic N) is 2. The molecule has 1 aromatic rings. The van der Waals surface area contributed by atoms with Gasteiger partial charge in [0.25, 0.3) is 0 Å². The Hall–Kier alpha value is -1.03. The fraction of sp³-hybridized carbons (Fsp3) is 0.700. The molecule has 80 valence electrons. The third kappa shape index (κ3) is 3.79. The highest BCUT2D eigenvalue weighted by molar-refractivity contribution is 5.11. The van der Waals surface area contributed by atoms with Crippen LogP contribution in [0.3, 0.4) is 0 Å². The second-order valence-electron chi connectivity index (χ2n) is 3.22. The maximum atomic E-state index is 8.61. The fourth-order valence-electron chi connectivity index (χ4n) is 1.15. The number of hydrogen-bond acceptors (Lipinski definition) is 3. The fourth-order valence-corrected chi connectivity index (χ4v) is 1.15. The molecule has 0 fully saturated rings.